The molecule has 2 fully saturated rings. The predicted molar refractivity (Wildman–Crippen MR) is 121 cm³/mol. The standard InChI is InChI=1S/C26H33FN2O2/c1-29-13-3-5-21(19-29)18-28-25(30)26(11-14-31-15-12-26)17-20-4-2-6-23(16-20)22-7-9-24(27)10-8-22/h2,4,6-10,16,21H,3,5,11-15,17-19H2,1H3,(H,28,30)/t21-/m1/s1. The fourth-order valence-corrected chi connectivity index (χ4v) is 5.00. The van der Waals surface area contributed by atoms with Gasteiger partial charge in [-0.1, -0.05) is 36.4 Å². The molecule has 2 aromatic rings. The van der Waals surface area contributed by atoms with Gasteiger partial charge in [0, 0.05) is 26.3 Å². The largest absolute Gasteiger partial charge is 0.381 e. The number of amides is 1. The van der Waals surface area contributed by atoms with Gasteiger partial charge in [0.2, 0.25) is 5.91 Å². The number of nitrogens with zero attached hydrogens (tertiary/aromatic N) is 1. The highest BCUT2D eigenvalue weighted by Gasteiger charge is 2.40. The third-order valence-corrected chi connectivity index (χ3v) is 6.85. The van der Waals surface area contributed by atoms with Crippen molar-refractivity contribution in [3.05, 3.63) is 59.9 Å². The molecule has 5 heteroatoms. The summed E-state index contributed by atoms with van der Waals surface area (Å²) in [4.78, 5) is 15.8. The summed E-state index contributed by atoms with van der Waals surface area (Å²) in [5.74, 6) is 0.458. The van der Waals surface area contributed by atoms with Crippen LogP contribution in [0.1, 0.15) is 31.2 Å². The summed E-state index contributed by atoms with van der Waals surface area (Å²) < 4.78 is 18.9. The maximum Gasteiger partial charge on any atom is 0.226 e. The molecular formula is C26H33FN2O2. The lowest BCUT2D eigenvalue weighted by Gasteiger charge is -2.37. The number of halogens is 1. The number of hydrogen-bond donors (Lipinski definition) is 1. The van der Waals surface area contributed by atoms with E-state index in [1.165, 1.54) is 25.0 Å². The average molecular weight is 425 g/mol. The van der Waals surface area contributed by atoms with Gasteiger partial charge in [0.1, 0.15) is 5.82 Å². The molecule has 1 amide bonds. The van der Waals surface area contributed by atoms with Crippen LogP contribution in [0.2, 0.25) is 0 Å². The Morgan fingerprint density at radius 2 is 1.94 bits per heavy atom. The molecule has 0 spiro atoms. The number of piperidine rings is 1. The van der Waals surface area contributed by atoms with Gasteiger partial charge >= 0.3 is 0 Å². The molecule has 0 aromatic heterocycles. The molecule has 2 heterocycles. The van der Waals surface area contributed by atoms with Gasteiger partial charge in [0.05, 0.1) is 5.41 Å². The Balaban J connectivity index is 1.48. The molecule has 0 unspecified atom stereocenters. The predicted octanol–water partition coefficient (Wildman–Crippen LogP) is 4.29. The van der Waals surface area contributed by atoms with Gasteiger partial charge in [0.25, 0.3) is 0 Å². The molecule has 2 aliphatic rings. The van der Waals surface area contributed by atoms with Crippen LogP contribution in [0.15, 0.2) is 48.5 Å². The van der Waals surface area contributed by atoms with Crippen molar-refractivity contribution in [2.45, 2.75) is 32.1 Å². The summed E-state index contributed by atoms with van der Waals surface area (Å²) >= 11 is 0. The zero-order valence-corrected chi connectivity index (χ0v) is 18.4. The van der Waals surface area contributed by atoms with Crippen molar-refractivity contribution in [3.63, 3.8) is 0 Å². The highest BCUT2D eigenvalue weighted by molar-refractivity contribution is 5.83. The van der Waals surface area contributed by atoms with E-state index in [9.17, 15) is 9.18 Å². The normalized spacial score (nSPS) is 21.5. The third kappa shape index (κ3) is 5.52. The molecule has 0 bridgehead atoms. The Hall–Kier alpha value is -2.24. The van der Waals surface area contributed by atoms with Crippen molar-refractivity contribution in [2.24, 2.45) is 11.3 Å². The summed E-state index contributed by atoms with van der Waals surface area (Å²) in [6, 6.07) is 14.8. The van der Waals surface area contributed by atoms with Gasteiger partial charge in [-0.05, 0) is 80.4 Å². The summed E-state index contributed by atoms with van der Waals surface area (Å²) in [6.45, 7) is 4.20. The van der Waals surface area contributed by atoms with Gasteiger partial charge in [-0.3, -0.25) is 4.79 Å². The van der Waals surface area contributed by atoms with Crippen LogP contribution < -0.4 is 5.32 Å². The van der Waals surface area contributed by atoms with Crippen molar-refractivity contribution in [3.8, 4) is 11.1 Å². The number of benzene rings is 2. The van der Waals surface area contributed by atoms with Crippen LogP contribution >= 0.6 is 0 Å². The smallest absolute Gasteiger partial charge is 0.226 e. The van der Waals surface area contributed by atoms with Gasteiger partial charge in [0.15, 0.2) is 0 Å². The number of carbonyl (C=O) groups is 1. The van der Waals surface area contributed by atoms with E-state index in [0.29, 0.717) is 25.6 Å². The molecule has 1 N–H and O–H groups in total. The first-order valence-electron chi connectivity index (χ1n) is 11.4. The van der Waals surface area contributed by atoms with Gasteiger partial charge in [-0.25, -0.2) is 4.39 Å². The molecule has 166 valence electrons. The summed E-state index contributed by atoms with van der Waals surface area (Å²) in [5.41, 5.74) is 2.73. The molecular weight excluding hydrogens is 391 g/mol. The van der Waals surface area contributed by atoms with Crippen LogP contribution in [-0.2, 0) is 16.0 Å². The maximum atomic E-state index is 13.4. The summed E-state index contributed by atoms with van der Waals surface area (Å²) in [5, 5.41) is 3.29. The van der Waals surface area contributed by atoms with Crippen molar-refractivity contribution >= 4 is 5.91 Å². The second-order valence-electron chi connectivity index (χ2n) is 9.26. The van der Waals surface area contributed by atoms with Crippen molar-refractivity contribution in [1.82, 2.24) is 10.2 Å². The lowest BCUT2D eigenvalue weighted by molar-refractivity contribution is -0.137. The van der Waals surface area contributed by atoms with E-state index in [-0.39, 0.29) is 11.7 Å². The van der Waals surface area contributed by atoms with E-state index in [1.807, 2.05) is 12.1 Å². The number of rotatable bonds is 6. The fourth-order valence-electron chi connectivity index (χ4n) is 5.00. The number of carbonyl (C=O) groups excluding carboxylic acids is 1. The highest BCUT2D eigenvalue weighted by Crippen LogP contribution is 2.36. The molecule has 2 aromatic carbocycles. The first kappa shape index (κ1) is 22.0. The quantitative estimate of drug-likeness (QED) is 0.752. The lowest BCUT2D eigenvalue weighted by Crippen LogP contribution is -2.48. The molecule has 4 nitrogen and oxygen atoms in total. The van der Waals surface area contributed by atoms with Gasteiger partial charge in [-0.2, -0.15) is 0 Å². The van der Waals surface area contributed by atoms with Crippen molar-refractivity contribution in [2.75, 3.05) is 39.9 Å². The Morgan fingerprint density at radius 1 is 1.16 bits per heavy atom. The Morgan fingerprint density at radius 3 is 2.68 bits per heavy atom. The third-order valence-electron chi connectivity index (χ3n) is 6.85. The average Bonchev–Trinajstić information content (AvgIpc) is 2.79. The van der Waals surface area contributed by atoms with Crippen molar-refractivity contribution in [1.29, 1.82) is 0 Å². The van der Waals surface area contributed by atoms with Crippen molar-refractivity contribution < 1.29 is 13.9 Å². The number of likely N-dealkylation sites (tertiary alicyclic amines) is 1. The van der Waals surface area contributed by atoms with Crippen LogP contribution in [0.3, 0.4) is 0 Å². The number of nitrogens with one attached hydrogen (secondary N) is 1. The van der Waals surface area contributed by atoms with E-state index >= 15 is 0 Å². The SMILES string of the molecule is CN1CCC[C@H](CNC(=O)C2(Cc3cccc(-c4ccc(F)cc4)c3)CCOCC2)C1. The number of hydrogen-bond acceptors (Lipinski definition) is 3. The Labute approximate surface area is 184 Å². The zero-order chi connectivity index (χ0) is 21.7. The van der Waals surface area contributed by atoms with Crippen LogP contribution in [-0.4, -0.2) is 50.7 Å². The van der Waals surface area contributed by atoms with E-state index in [2.05, 4.69) is 29.4 Å². The minimum atomic E-state index is -0.430. The maximum absolute atomic E-state index is 13.4. The van der Waals surface area contributed by atoms with E-state index in [4.69, 9.17) is 4.74 Å². The highest BCUT2D eigenvalue weighted by atomic mass is 19.1. The van der Waals surface area contributed by atoms with Crippen LogP contribution in [0, 0.1) is 17.2 Å². The summed E-state index contributed by atoms with van der Waals surface area (Å²) in [7, 11) is 2.15. The zero-order valence-electron chi connectivity index (χ0n) is 18.4. The minimum absolute atomic E-state index is 0.163. The van der Waals surface area contributed by atoms with Gasteiger partial charge in [-0.15, -0.1) is 0 Å². The number of ether oxygens (including phenoxy) is 1. The molecule has 0 aliphatic carbocycles. The monoisotopic (exact) mass is 424 g/mol. The molecule has 4 rings (SSSR count). The minimum Gasteiger partial charge on any atom is -0.381 e. The second kappa shape index (κ2) is 9.92. The van der Waals surface area contributed by atoms with E-state index < -0.39 is 5.41 Å². The second-order valence-corrected chi connectivity index (χ2v) is 9.26. The Kier molecular flexibility index (Phi) is 7.03. The molecule has 0 saturated carbocycles. The van der Waals surface area contributed by atoms with Crippen LogP contribution in [0.25, 0.3) is 11.1 Å². The van der Waals surface area contributed by atoms with Crippen LogP contribution in [0.5, 0.6) is 0 Å². The Bertz CT molecular complexity index is 877. The van der Waals surface area contributed by atoms with Gasteiger partial charge < -0.3 is 15.0 Å². The molecule has 2 aliphatic heterocycles. The van der Waals surface area contributed by atoms with E-state index in [0.717, 1.165) is 49.2 Å². The van der Waals surface area contributed by atoms with E-state index in [1.54, 1.807) is 12.1 Å². The first-order chi connectivity index (χ1) is 15.0. The molecule has 2 saturated heterocycles. The van der Waals surface area contributed by atoms with Crippen LogP contribution in [0.4, 0.5) is 4.39 Å². The lowest BCUT2D eigenvalue weighted by atomic mass is 9.74. The summed E-state index contributed by atoms with van der Waals surface area (Å²) in [6.07, 6.45) is 4.56. The molecule has 31 heavy (non-hydrogen) atoms. The molecule has 0 radical (unpaired) electrons. The molecule has 1 atom stereocenters. The fraction of sp³-hybridized carbons (Fsp3) is 0.500. The first-order valence-corrected chi connectivity index (χ1v) is 11.4. The topological polar surface area (TPSA) is 41.6 Å².